The molecule has 29 heavy (non-hydrogen) atoms. The first-order valence-corrected chi connectivity index (χ1v) is 9.29. The standard InChI is InChI=1S/C24H22N2O3/c1-17(27)23(16-18-5-12-22(28)13-6-18)26-21-9-7-19(8-10-21)24(29)14-11-20-4-2-3-15-25-20/h2-15,23,26,28H,16H2,1H3/b14-11+. The highest BCUT2D eigenvalue weighted by molar-refractivity contribution is 6.06. The predicted molar refractivity (Wildman–Crippen MR) is 114 cm³/mol. The van der Waals surface area contributed by atoms with Crippen LogP contribution in [0.3, 0.4) is 0 Å². The van der Waals surface area contributed by atoms with Gasteiger partial charge in [-0.3, -0.25) is 14.6 Å². The Hall–Kier alpha value is -3.73. The number of nitrogens with one attached hydrogen (secondary N) is 1. The van der Waals surface area contributed by atoms with Crippen molar-refractivity contribution in [2.45, 2.75) is 19.4 Å². The summed E-state index contributed by atoms with van der Waals surface area (Å²) in [4.78, 5) is 28.5. The van der Waals surface area contributed by atoms with Gasteiger partial charge in [-0.2, -0.15) is 0 Å². The number of phenolic OH excluding ortho intramolecular Hbond substituents is 1. The maximum atomic E-state index is 12.3. The number of rotatable bonds is 8. The molecule has 0 radical (unpaired) electrons. The highest BCUT2D eigenvalue weighted by Gasteiger charge is 2.15. The summed E-state index contributed by atoms with van der Waals surface area (Å²) >= 11 is 0. The summed E-state index contributed by atoms with van der Waals surface area (Å²) in [6, 6.07) is 18.9. The SMILES string of the molecule is CC(=O)C(Cc1ccc(O)cc1)Nc1ccc(C(=O)/C=C/c2ccccn2)cc1. The number of pyridine rings is 1. The largest absolute Gasteiger partial charge is 0.508 e. The molecule has 0 aliphatic heterocycles. The zero-order chi connectivity index (χ0) is 20.6. The Balaban J connectivity index is 1.65. The average molecular weight is 386 g/mol. The molecule has 0 amide bonds. The fourth-order valence-electron chi connectivity index (χ4n) is 2.83. The van der Waals surface area contributed by atoms with Gasteiger partial charge in [0.1, 0.15) is 5.75 Å². The molecule has 5 nitrogen and oxygen atoms in total. The van der Waals surface area contributed by atoms with Crippen LogP contribution in [0.5, 0.6) is 5.75 Å². The zero-order valence-corrected chi connectivity index (χ0v) is 16.1. The van der Waals surface area contributed by atoms with Crippen molar-refractivity contribution in [3.8, 4) is 5.75 Å². The number of aromatic hydroxyl groups is 1. The van der Waals surface area contributed by atoms with Gasteiger partial charge in [-0.1, -0.05) is 18.2 Å². The summed E-state index contributed by atoms with van der Waals surface area (Å²) in [5.41, 5.74) is 2.98. The van der Waals surface area contributed by atoms with Crippen LogP contribution in [0.2, 0.25) is 0 Å². The van der Waals surface area contributed by atoms with Crippen molar-refractivity contribution in [1.29, 1.82) is 0 Å². The first kappa shape index (κ1) is 20.0. The fraction of sp³-hybridized carbons (Fsp3) is 0.125. The van der Waals surface area contributed by atoms with E-state index < -0.39 is 6.04 Å². The molecule has 0 saturated carbocycles. The molecule has 0 aliphatic carbocycles. The van der Waals surface area contributed by atoms with E-state index >= 15 is 0 Å². The second kappa shape index (κ2) is 9.46. The summed E-state index contributed by atoms with van der Waals surface area (Å²) in [6.07, 6.45) is 5.35. The third kappa shape index (κ3) is 5.87. The first-order valence-electron chi connectivity index (χ1n) is 9.29. The molecule has 0 aliphatic rings. The Morgan fingerprint density at radius 2 is 1.76 bits per heavy atom. The van der Waals surface area contributed by atoms with Gasteiger partial charge in [0.25, 0.3) is 0 Å². The Morgan fingerprint density at radius 3 is 2.38 bits per heavy atom. The Morgan fingerprint density at radius 1 is 1.03 bits per heavy atom. The number of carbonyl (C=O) groups is 2. The van der Waals surface area contributed by atoms with Crippen LogP contribution >= 0.6 is 0 Å². The third-order valence-electron chi connectivity index (χ3n) is 4.47. The Kier molecular flexibility index (Phi) is 6.53. The Labute approximate surface area is 169 Å². The number of hydrogen-bond acceptors (Lipinski definition) is 5. The van der Waals surface area contributed by atoms with Gasteiger partial charge < -0.3 is 10.4 Å². The van der Waals surface area contributed by atoms with E-state index in [9.17, 15) is 14.7 Å². The number of anilines is 1. The van der Waals surface area contributed by atoms with Crippen LogP contribution in [0.4, 0.5) is 5.69 Å². The van der Waals surface area contributed by atoms with E-state index in [0.717, 1.165) is 16.9 Å². The van der Waals surface area contributed by atoms with Gasteiger partial charge in [0.05, 0.1) is 11.7 Å². The van der Waals surface area contributed by atoms with Gasteiger partial charge in [0.15, 0.2) is 11.6 Å². The predicted octanol–water partition coefficient (Wildman–Crippen LogP) is 4.30. The second-order valence-electron chi connectivity index (χ2n) is 6.71. The zero-order valence-electron chi connectivity index (χ0n) is 16.1. The van der Waals surface area contributed by atoms with Crippen molar-refractivity contribution in [3.63, 3.8) is 0 Å². The van der Waals surface area contributed by atoms with Gasteiger partial charge in [-0.15, -0.1) is 0 Å². The van der Waals surface area contributed by atoms with E-state index in [1.54, 1.807) is 67.7 Å². The van der Waals surface area contributed by atoms with Gasteiger partial charge >= 0.3 is 0 Å². The van der Waals surface area contributed by atoms with E-state index in [-0.39, 0.29) is 17.3 Å². The molecular formula is C24H22N2O3. The number of allylic oxidation sites excluding steroid dienone is 1. The molecule has 1 heterocycles. The molecule has 3 rings (SSSR count). The van der Waals surface area contributed by atoms with Crippen molar-refractivity contribution >= 4 is 23.3 Å². The van der Waals surface area contributed by atoms with E-state index in [4.69, 9.17) is 0 Å². The molecule has 5 heteroatoms. The van der Waals surface area contributed by atoms with Crippen molar-refractivity contribution in [1.82, 2.24) is 4.98 Å². The van der Waals surface area contributed by atoms with Crippen molar-refractivity contribution < 1.29 is 14.7 Å². The fourth-order valence-corrected chi connectivity index (χ4v) is 2.83. The molecular weight excluding hydrogens is 364 g/mol. The summed E-state index contributed by atoms with van der Waals surface area (Å²) in [7, 11) is 0. The minimum atomic E-state index is -0.398. The highest BCUT2D eigenvalue weighted by Crippen LogP contribution is 2.16. The van der Waals surface area contributed by atoms with Crippen LogP contribution < -0.4 is 5.32 Å². The summed E-state index contributed by atoms with van der Waals surface area (Å²) < 4.78 is 0. The monoisotopic (exact) mass is 386 g/mol. The summed E-state index contributed by atoms with van der Waals surface area (Å²) in [5, 5.41) is 12.6. The molecule has 1 atom stereocenters. The third-order valence-corrected chi connectivity index (χ3v) is 4.47. The molecule has 0 spiro atoms. The minimum Gasteiger partial charge on any atom is -0.508 e. The number of ketones is 2. The summed E-state index contributed by atoms with van der Waals surface area (Å²) in [5.74, 6) is 0.0874. The molecule has 0 fully saturated rings. The lowest BCUT2D eigenvalue weighted by molar-refractivity contribution is -0.117. The molecule has 0 bridgehead atoms. The molecule has 146 valence electrons. The number of Topliss-reactive ketones (excluding diaryl/α,β-unsaturated/α-hetero) is 1. The van der Waals surface area contributed by atoms with Crippen LogP contribution in [0.15, 0.2) is 79.0 Å². The highest BCUT2D eigenvalue weighted by atomic mass is 16.3. The lowest BCUT2D eigenvalue weighted by atomic mass is 10.0. The van der Waals surface area contributed by atoms with Gasteiger partial charge in [0.2, 0.25) is 0 Å². The number of hydrogen-bond donors (Lipinski definition) is 2. The lowest BCUT2D eigenvalue weighted by Gasteiger charge is -2.17. The quantitative estimate of drug-likeness (QED) is 0.446. The molecule has 1 aromatic heterocycles. The smallest absolute Gasteiger partial charge is 0.185 e. The minimum absolute atomic E-state index is 0.0107. The molecule has 2 aromatic carbocycles. The van der Waals surface area contributed by atoms with E-state index in [1.807, 2.05) is 18.2 Å². The number of aromatic nitrogens is 1. The average Bonchev–Trinajstić information content (AvgIpc) is 2.74. The van der Waals surface area contributed by atoms with Crippen LogP contribution in [0.25, 0.3) is 6.08 Å². The number of nitrogens with zero attached hydrogens (tertiary/aromatic N) is 1. The van der Waals surface area contributed by atoms with Gasteiger partial charge in [-0.05, 0) is 79.6 Å². The topological polar surface area (TPSA) is 79.3 Å². The molecule has 0 saturated heterocycles. The van der Waals surface area contributed by atoms with Crippen LogP contribution in [0.1, 0.15) is 28.5 Å². The number of benzene rings is 2. The molecule has 1 unspecified atom stereocenters. The van der Waals surface area contributed by atoms with E-state index in [1.165, 1.54) is 6.08 Å². The summed E-state index contributed by atoms with van der Waals surface area (Å²) in [6.45, 7) is 1.54. The van der Waals surface area contributed by atoms with Crippen molar-refractivity contribution in [3.05, 3.63) is 95.8 Å². The van der Waals surface area contributed by atoms with Crippen LogP contribution in [-0.4, -0.2) is 27.7 Å². The first-order chi connectivity index (χ1) is 14.0. The van der Waals surface area contributed by atoms with Crippen LogP contribution in [0, 0.1) is 0 Å². The molecule has 2 N–H and O–H groups in total. The van der Waals surface area contributed by atoms with Crippen molar-refractivity contribution in [2.24, 2.45) is 0 Å². The van der Waals surface area contributed by atoms with E-state index in [0.29, 0.717) is 12.0 Å². The van der Waals surface area contributed by atoms with Gasteiger partial charge in [0, 0.05) is 17.4 Å². The second-order valence-corrected chi connectivity index (χ2v) is 6.71. The molecule has 3 aromatic rings. The normalized spacial score (nSPS) is 11.9. The van der Waals surface area contributed by atoms with Gasteiger partial charge in [-0.25, -0.2) is 0 Å². The van der Waals surface area contributed by atoms with E-state index in [2.05, 4.69) is 10.3 Å². The lowest BCUT2D eigenvalue weighted by Crippen LogP contribution is -2.29. The maximum absolute atomic E-state index is 12.3. The Bertz CT molecular complexity index is 995. The number of carbonyl (C=O) groups excluding carboxylic acids is 2. The maximum Gasteiger partial charge on any atom is 0.185 e. The van der Waals surface area contributed by atoms with Crippen molar-refractivity contribution in [2.75, 3.05) is 5.32 Å². The number of phenols is 1. The van der Waals surface area contributed by atoms with Crippen LogP contribution in [-0.2, 0) is 11.2 Å².